The first-order valence-corrected chi connectivity index (χ1v) is 9.46. The maximum Gasteiger partial charge on any atom is 0.128 e. The molecule has 0 aliphatic carbocycles. The van der Waals surface area contributed by atoms with E-state index < -0.39 is 0 Å². The SMILES string of the molecule is Cc1ccc(N=Cc2cc(Br)ccc2OCc2cccc(Cl)c2)cc1C. The lowest BCUT2D eigenvalue weighted by atomic mass is 10.1. The van der Waals surface area contributed by atoms with Crippen molar-refractivity contribution >= 4 is 39.4 Å². The quantitative estimate of drug-likeness (QED) is 0.399. The van der Waals surface area contributed by atoms with E-state index in [2.05, 4.69) is 46.9 Å². The van der Waals surface area contributed by atoms with E-state index >= 15 is 0 Å². The van der Waals surface area contributed by atoms with Crippen LogP contribution in [0.25, 0.3) is 0 Å². The molecule has 0 heterocycles. The molecule has 0 aliphatic heterocycles. The van der Waals surface area contributed by atoms with Crippen LogP contribution in [0, 0.1) is 13.8 Å². The van der Waals surface area contributed by atoms with Crippen LogP contribution in [-0.2, 0) is 6.61 Å². The van der Waals surface area contributed by atoms with Gasteiger partial charge in [0.2, 0.25) is 0 Å². The molecule has 0 N–H and O–H groups in total. The van der Waals surface area contributed by atoms with E-state index in [1.54, 1.807) is 0 Å². The number of aliphatic imine (C=N–C) groups is 1. The summed E-state index contributed by atoms with van der Waals surface area (Å²) in [4.78, 5) is 4.60. The number of hydrogen-bond donors (Lipinski definition) is 0. The Hall–Kier alpha value is -2.10. The Labute approximate surface area is 167 Å². The summed E-state index contributed by atoms with van der Waals surface area (Å²) in [5.74, 6) is 0.778. The molecule has 0 fully saturated rings. The highest BCUT2D eigenvalue weighted by Gasteiger charge is 2.04. The Kier molecular flexibility index (Phi) is 6.12. The summed E-state index contributed by atoms with van der Waals surface area (Å²) < 4.78 is 6.97. The van der Waals surface area contributed by atoms with Gasteiger partial charge in [0.15, 0.2) is 0 Å². The zero-order chi connectivity index (χ0) is 18.5. The molecule has 0 spiro atoms. The lowest BCUT2D eigenvalue weighted by Crippen LogP contribution is -1.98. The second-order valence-electron chi connectivity index (χ2n) is 6.13. The largest absolute Gasteiger partial charge is 0.488 e. The molecule has 0 amide bonds. The minimum absolute atomic E-state index is 0.451. The highest BCUT2D eigenvalue weighted by molar-refractivity contribution is 9.10. The number of aryl methyl sites for hydroxylation is 2. The lowest BCUT2D eigenvalue weighted by Gasteiger charge is -2.10. The Morgan fingerprint density at radius 2 is 1.85 bits per heavy atom. The van der Waals surface area contributed by atoms with Crippen LogP contribution in [0.2, 0.25) is 5.02 Å². The van der Waals surface area contributed by atoms with Crippen LogP contribution in [0.5, 0.6) is 5.75 Å². The van der Waals surface area contributed by atoms with Gasteiger partial charge >= 0.3 is 0 Å². The van der Waals surface area contributed by atoms with Crippen molar-refractivity contribution in [2.75, 3.05) is 0 Å². The third-order valence-corrected chi connectivity index (χ3v) is 4.83. The van der Waals surface area contributed by atoms with Gasteiger partial charge in [-0.15, -0.1) is 0 Å². The molecule has 132 valence electrons. The lowest BCUT2D eigenvalue weighted by molar-refractivity contribution is 0.306. The summed E-state index contributed by atoms with van der Waals surface area (Å²) in [7, 11) is 0. The summed E-state index contributed by atoms with van der Waals surface area (Å²) in [6, 6.07) is 19.8. The van der Waals surface area contributed by atoms with Crippen molar-refractivity contribution in [1.29, 1.82) is 0 Å². The Bertz CT molecular complexity index is 953. The van der Waals surface area contributed by atoms with Gasteiger partial charge in [-0.3, -0.25) is 4.99 Å². The van der Waals surface area contributed by atoms with Crippen molar-refractivity contribution in [3.8, 4) is 5.75 Å². The molecule has 2 nitrogen and oxygen atoms in total. The maximum absolute atomic E-state index is 6.04. The van der Waals surface area contributed by atoms with Gasteiger partial charge in [0, 0.05) is 21.3 Å². The van der Waals surface area contributed by atoms with Crippen molar-refractivity contribution < 1.29 is 4.74 Å². The van der Waals surface area contributed by atoms with Gasteiger partial charge in [-0.25, -0.2) is 0 Å². The molecule has 0 unspecified atom stereocenters. The van der Waals surface area contributed by atoms with E-state index in [4.69, 9.17) is 16.3 Å². The van der Waals surface area contributed by atoms with E-state index in [9.17, 15) is 0 Å². The highest BCUT2D eigenvalue weighted by Crippen LogP contribution is 2.25. The van der Waals surface area contributed by atoms with Crippen LogP contribution >= 0.6 is 27.5 Å². The fourth-order valence-electron chi connectivity index (χ4n) is 2.49. The van der Waals surface area contributed by atoms with E-state index in [0.717, 1.165) is 27.0 Å². The molecule has 0 aromatic heterocycles. The summed E-state index contributed by atoms with van der Waals surface area (Å²) >= 11 is 9.55. The zero-order valence-corrected chi connectivity index (χ0v) is 17.0. The number of hydrogen-bond acceptors (Lipinski definition) is 2. The van der Waals surface area contributed by atoms with Crippen molar-refractivity contribution in [1.82, 2.24) is 0 Å². The molecule has 3 aromatic rings. The van der Waals surface area contributed by atoms with Crippen molar-refractivity contribution in [2.24, 2.45) is 4.99 Å². The molecule has 0 aliphatic rings. The van der Waals surface area contributed by atoms with Crippen molar-refractivity contribution in [3.63, 3.8) is 0 Å². The molecular weight excluding hydrogens is 410 g/mol. The smallest absolute Gasteiger partial charge is 0.128 e. The summed E-state index contributed by atoms with van der Waals surface area (Å²) in [5.41, 5.74) is 5.36. The molecule has 0 bridgehead atoms. The molecule has 0 saturated heterocycles. The standard InChI is InChI=1S/C22H19BrClNO/c1-15-6-8-21(10-16(15)2)25-13-18-12-19(23)7-9-22(18)26-14-17-4-3-5-20(24)11-17/h3-13H,14H2,1-2H3. The summed E-state index contributed by atoms with van der Waals surface area (Å²) in [6.45, 7) is 4.64. The van der Waals surface area contributed by atoms with Crippen LogP contribution < -0.4 is 4.74 Å². The monoisotopic (exact) mass is 427 g/mol. The third kappa shape index (κ3) is 4.96. The highest BCUT2D eigenvalue weighted by atomic mass is 79.9. The minimum atomic E-state index is 0.451. The minimum Gasteiger partial charge on any atom is -0.488 e. The topological polar surface area (TPSA) is 21.6 Å². The summed E-state index contributed by atoms with van der Waals surface area (Å²) in [6.07, 6.45) is 1.84. The van der Waals surface area contributed by atoms with Crippen LogP contribution in [0.15, 0.2) is 70.1 Å². The Balaban J connectivity index is 1.81. The first-order chi connectivity index (χ1) is 12.5. The van der Waals surface area contributed by atoms with Gasteiger partial charge in [-0.1, -0.05) is 45.7 Å². The van der Waals surface area contributed by atoms with Crippen molar-refractivity contribution in [2.45, 2.75) is 20.5 Å². The van der Waals surface area contributed by atoms with Crippen LogP contribution in [0.1, 0.15) is 22.3 Å². The molecule has 0 radical (unpaired) electrons. The molecule has 26 heavy (non-hydrogen) atoms. The van der Waals surface area contributed by atoms with Crippen molar-refractivity contribution in [3.05, 3.63) is 92.4 Å². The predicted molar refractivity (Wildman–Crippen MR) is 113 cm³/mol. The number of benzene rings is 3. The normalized spacial score (nSPS) is 11.1. The maximum atomic E-state index is 6.04. The van der Waals surface area contributed by atoms with Gasteiger partial charge in [-0.2, -0.15) is 0 Å². The predicted octanol–water partition coefficient (Wildman–Crippen LogP) is 7.05. The van der Waals surface area contributed by atoms with E-state index in [1.807, 2.05) is 54.7 Å². The molecule has 0 saturated carbocycles. The number of halogens is 2. The van der Waals surface area contributed by atoms with Gasteiger partial charge in [0.25, 0.3) is 0 Å². The van der Waals surface area contributed by atoms with E-state index in [1.165, 1.54) is 11.1 Å². The Morgan fingerprint density at radius 1 is 1.00 bits per heavy atom. The summed E-state index contributed by atoms with van der Waals surface area (Å²) in [5, 5.41) is 0.707. The fraction of sp³-hybridized carbons (Fsp3) is 0.136. The average molecular weight is 429 g/mol. The number of ether oxygens (including phenoxy) is 1. The second kappa shape index (κ2) is 8.52. The second-order valence-corrected chi connectivity index (χ2v) is 7.48. The van der Waals surface area contributed by atoms with E-state index in [0.29, 0.717) is 11.6 Å². The third-order valence-electron chi connectivity index (χ3n) is 4.10. The molecule has 3 rings (SSSR count). The van der Waals surface area contributed by atoms with Crippen LogP contribution in [0.3, 0.4) is 0 Å². The van der Waals surface area contributed by atoms with Gasteiger partial charge in [-0.05, 0) is 73.0 Å². The van der Waals surface area contributed by atoms with Gasteiger partial charge in [0.05, 0.1) is 5.69 Å². The number of nitrogens with zero attached hydrogens (tertiary/aromatic N) is 1. The average Bonchev–Trinajstić information content (AvgIpc) is 2.62. The van der Waals surface area contributed by atoms with Gasteiger partial charge in [0.1, 0.15) is 12.4 Å². The number of rotatable bonds is 5. The zero-order valence-electron chi connectivity index (χ0n) is 14.7. The Morgan fingerprint density at radius 3 is 2.62 bits per heavy atom. The van der Waals surface area contributed by atoms with Crippen LogP contribution in [0.4, 0.5) is 5.69 Å². The van der Waals surface area contributed by atoms with Gasteiger partial charge < -0.3 is 4.74 Å². The first-order valence-electron chi connectivity index (χ1n) is 8.29. The molecular formula is C22H19BrClNO. The molecule has 4 heteroatoms. The fourth-order valence-corrected chi connectivity index (χ4v) is 3.08. The molecule has 0 atom stereocenters. The molecule has 3 aromatic carbocycles. The van der Waals surface area contributed by atoms with E-state index in [-0.39, 0.29) is 0 Å². The first kappa shape index (κ1) is 18.7. The van der Waals surface area contributed by atoms with Crippen LogP contribution in [-0.4, -0.2) is 6.21 Å².